The molecule has 33 heavy (non-hydrogen) atoms. The van der Waals surface area contributed by atoms with E-state index in [1.807, 2.05) is 16.7 Å². The van der Waals surface area contributed by atoms with Crippen molar-refractivity contribution in [3.05, 3.63) is 35.2 Å². The maximum atomic E-state index is 13.1. The van der Waals surface area contributed by atoms with Crippen molar-refractivity contribution in [2.24, 2.45) is 5.41 Å². The highest BCUT2D eigenvalue weighted by molar-refractivity contribution is 5.92. The summed E-state index contributed by atoms with van der Waals surface area (Å²) in [7, 11) is 0. The zero-order valence-corrected chi connectivity index (χ0v) is 19.4. The summed E-state index contributed by atoms with van der Waals surface area (Å²) in [6, 6.07) is 0.505. The van der Waals surface area contributed by atoms with Crippen LogP contribution in [0.3, 0.4) is 0 Å². The molecule has 9 nitrogen and oxygen atoms in total. The summed E-state index contributed by atoms with van der Waals surface area (Å²) >= 11 is 0. The Morgan fingerprint density at radius 3 is 2.67 bits per heavy atom. The molecule has 3 aliphatic heterocycles. The van der Waals surface area contributed by atoms with Gasteiger partial charge in [0, 0.05) is 37.6 Å². The molecule has 0 saturated carbocycles. The number of fused-ring (bicyclic) bond motifs is 1. The molecule has 2 amide bonds. The van der Waals surface area contributed by atoms with Crippen LogP contribution >= 0.6 is 0 Å². The van der Waals surface area contributed by atoms with E-state index in [9.17, 15) is 9.59 Å². The lowest BCUT2D eigenvalue weighted by molar-refractivity contribution is 0.0301. The first-order valence-corrected chi connectivity index (χ1v) is 12.2. The van der Waals surface area contributed by atoms with Gasteiger partial charge in [-0.3, -0.25) is 4.79 Å². The van der Waals surface area contributed by atoms with Crippen LogP contribution in [0.2, 0.25) is 0 Å². The molecule has 1 aromatic rings. The van der Waals surface area contributed by atoms with E-state index in [-0.39, 0.29) is 23.1 Å². The average Bonchev–Trinajstić information content (AvgIpc) is 3.39. The molecule has 4 heterocycles. The first-order chi connectivity index (χ1) is 16.1. The van der Waals surface area contributed by atoms with Crippen LogP contribution in [-0.4, -0.2) is 88.9 Å². The van der Waals surface area contributed by atoms with Gasteiger partial charge in [-0.15, -0.1) is 0 Å². The second kappa shape index (κ2) is 9.29. The summed E-state index contributed by atoms with van der Waals surface area (Å²) < 4.78 is 9.84. The Balaban J connectivity index is 1.26. The van der Waals surface area contributed by atoms with Crippen LogP contribution in [0, 0.1) is 5.41 Å². The molecule has 5 rings (SSSR count). The molecule has 1 aromatic heterocycles. The molecule has 9 heteroatoms. The third-order valence-electron chi connectivity index (χ3n) is 7.85. The van der Waals surface area contributed by atoms with Crippen LogP contribution in [0.15, 0.2) is 34.1 Å². The number of carbonyl (C=O) groups is 2. The first kappa shape index (κ1) is 22.1. The van der Waals surface area contributed by atoms with Gasteiger partial charge >= 0.3 is 6.09 Å². The summed E-state index contributed by atoms with van der Waals surface area (Å²) in [6.45, 7) is 7.21. The Morgan fingerprint density at radius 1 is 1.18 bits per heavy atom. The van der Waals surface area contributed by atoms with E-state index in [1.165, 1.54) is 17.3 Å². The molecule has 0 N–H and O–H groups in total. The molecular weight excluding hydrogens is 422 g/mol. The van der Waals surface area contributed by atoms with E-state index < -0.39 is 0 Å². The number of piperidine rings is 2. The third-order valence-corrected chi connectivity index (χ3v) is 7.85. The first-order valence-electron chi connectivity index (χ1n) is 12.2. The van der Waals surface area contributed by atoms with Gasteiger partial charge in [-0.05, 0) is 74.8 Å². The van der Waals surface area contributed by atoms with Gasteiger partial charge in [0.05, 0.1) is 6.61 Å². The molecule has 0 atom stereocenters. The van der Waals surface area contributed by atoms with E-state index in [2.05, 4.69) is 32.0 Å². The second-order valence-electron chi connectivity index (χ2n) is 9.65. The fourth-order valence-corrected chi connectivity index (χ4v) is 6.10. The highest BCUT2D eigenvalue weighted by Crippen LogP contribution is 2.47. The number of rotatable bonds is 3. The van der Waals surface area contributed by atoms with Crippen molar-refractivity contribution in [3.8, 4) is 0 Å². The predicted octanol–water partition coefficient (Wildman–Crippen LogP) is 2.88. The van der Waals surface area contributed by atoms with Crippen LogP contribution in [0.25, 0.3) is 0 Å². The second-order valence-corrected chi connectivity index (χ2v) is 9.65. The van der Waals surface area contributed by atoms with Gasteiger partial charge in [-0.25, -0.2) is 9.42 Å². The van der Waals surface area contributed by atoms with Crippen LogP contribution in [-0.2, 0) is 4.74 Å². The van der Waals surface area contributed by atoms with E-state index in [4.69, 9.17) is 4.74 Å². The number of hydrogen-bond donors (Lipinski definition) is 0. The van der Waals surface area contributed by atoms with E-state index in [1.54, 1.807) is 0 Å². The fourth-order valence-electron chi connectivity index (χ4n) is 6.10. The standard InChI is InChI=1S/C24H33N5O4/c1-2-32-23(31)28-11-7-19(8-12-28)27-13-9-24(10-14-27)17-29(22(30)21-15-25-33-26-21)16-18-5-3-4-6-20(18)24/h4,6,15,19H,2-3,5,7-14,16-17H2,1H3. The van der Waals surface area contributed by atoms with Gasteiger partial charge < -0.3 is 19.4 Å². The summed E-state index contributed by atoms with van der Waals surface area (Å²) in [6.07, 6.45) is 11.9. The quantitative estimate of drug-likeness (QED) is 0.692. The predicted molar refractivity (Wildman–Crippen MR) is 120 cm³/mol. The highest BCUT2D eigenvalue weighted by Gasteiger charge is 2.45. The number of amides is 2. The van der Waals surface area contributed by atoms with Crippen molar-refractivity contribution in [3.63, 3.8) is 0 Å². The molecule has 1 spiro atoms. The van der Waals surface area contributed by atoms with E-state index >= 15 is 0 Å². The summed E-state index contributed by atoms with van der Waals surface area (Å²) in [4.78, 5) is 31.5. The molecule has 0 unspecified atom stereocenters. The Morgan fingerprint density at radius 2 is 1.97 bits per heavy atom. The largest absolute Gasteiger partial charge is 0.450 e. The maximum absolute atomic E-state index is 13.1. The molecule has 0 aromatic carbocycles. The van der Waals surface area contributed by atoms with Crippen molar-refractivity contribution in [1.82, 2.24) is 25.0 Å². The lowest BCUT2D eigenvalue weighted by atomic mass is 9.66. The monoisotopic (exact) mass is 455 g/mol. The van der Waals surface area contributed by atoms with Crippen LogP contribution in [0.1, 0.15) is 55.9 Å². The Bertz CT molecular complexity index is 925. The fraction of sp³-hybridized carbons (Fsp3) is 0.667. The minimum atomic E-state index is -0.189. The van der Waals surface area contributed by atoms with Crippen molar-refractivity contribution in [2.75, 3.05) is 45.9 Å². The van der Waals surface area contributed by atoms with Crippen molar-refractivity contribution < 1.29 is 19.0 Å². The molecular formula is C24H33N5O4. The van der Waals surface area contributed by atoms with E-state index in [0.717, 1.165) is 71.2 Å². The zero-order chi connectivity index (χ0) is 22.8. The number of ether oxygens (including phenoxy) is 1. The number of hydrogen-bond acceptors (Lipinski definition) is 7. The summed E-state index contributed by atoms with van der Waals surface area (Å²) in [5.74, 6) is -0.0921. The number of aromatic nitrogens is 2. The van der Waals surface area contributed by atoms with Crippen LogP contribution in [0.5, 0.6) is 0 Å². The SMILES string of the molecule is CCOC(=O)N1CCC(N2CCC3(CC2)CN(C(=O)c2cnon2)CC2=C3C=CCC2)CC1. The molecule has 0 bridgehead atoms. The number of nitrogens with zero attached hydrogens (tertiary/aromatic N) is 5. The van der Waals surface area contributed by atoms with Gasteiger partial charge in [0.25, 0.3) is 5.91 Å². The van der Waals surface area contributed by atoms with Crippen molar-refractivity contribution >= 4 is 12.0 Å². The van der Waals surface area contributed by atoms with Crippen molar-refractivity contribution in [2.45, 2.75) is 51.5 Å². The third kappa shape index (κ3) is 4.30. The molecule has 178 valence electrons. The minimum Gasteiger partial charge on any atom is -0.450 e. The van der Waals surface area contributed by atoms with Gasteiger partial charge in [0.2, 0.25) is 0 Å². The van der Waals surface area contributed by atoms with Crippen molar-refractivity contribution in [1.29, 1.82) is 0 Å². The van der Waals surface area contributed by atoms with Crippen LogP contribution < -0.4 is 0 Å². The van der Waals surface area contributed by atoms with Gasteiger partial charge in [-0.1, -0.05) is 17.3 Å². The summed E-state index contributed by atoms with van der Waals surface area (Å²) in [5, 5.41) is 7.40. The van der Waals surface area contributed by atoms with E-state index in [0.29, 0.717) is 19.2 Å². The van der Waals surface area contributed by atoms with Crippen LogP contribution in [0.4, 0.5) is 4.79 Å². The molecule has 1 aliphatic carbocycles. The Labute approximate surface area is 194 Å². The normalized spacial score (nSPS) is 23.7. The lowest BCUT2D eigenvalue weighted by Gasteiger charge is -2.51. The topological polar surface area (TPSA) is 92.0 Å². The summed E-state index contributed by atoms with van der Waals surface area (Å²) in [5.41, 5.74) is 3.14. The van der Waals surface area contributed by atoms with Gasteiger partial charge in [-0.2, -0.15) is 0 Å². The number of likely N-dealkylation sites (tertiary alicyclic amines) is 2. The molecule has 0 radical (unpaired) electrons. The average molecular weight is 456 g/mol. The highest BCUT2D eigenvalue weighted by atomic mass is 16.6. The zero-order valence-electron chi connectivity index (χ0n) is 19.4. The molecule has 2 saturated heterocycles. The molecule has 2 fully saturated rings. The minimum absolute atomic E-state index is 0.000534. The molecule has 4 aliphatic rings. The Hall–Kier alpha value is -2.68. The Kier molecular flexibility index (Phi) is 6.23. The number of allylic oxidation sites excluding steroid dienone is 2. The maximum Gasteiger partial charge on any atom is 0.409 e. The lowest BCUT2D eigenvalue weighted by Crippen LogP contribution is -2.55. The number of carbonyl (C=O) groups excluding carboxylic acids is 2. The van der Waals surface area contributed by atoms with Gasteiger partial charge in [0.1, 0.15) is 6.20 Å². The van der Waals surface area contributed by atoms with Gasteiger partial charge in [0.15, 0.2) is 5.69 Å². The smallest absolute Gasteiger partial charge is 0.409 e.